The predicted octanol–water partition coefficient (Wildman–Crippen LogP) is 1.03. The summed E-state index contributed by atoms with van der Waals surface area (Å²) in [7, 11) is 3.69. The second kappa shape index (κ2) is 4.20. The Hall–Kier alpha value is -2.44. The van der Waals surface area contributed by atoms with Gasteiger partial charge in [0.1, 0.15) is 0 Å². The summed E-state index contributed by atoms with van der Waals surface area (Å²) >= 11 is 0. The Bertz CT molecular complexity index is 523. The number of nitrogens with one attached hydrogen (secondary N) is 2. The number of aromatic nitrogens is 3. The topological polar surface area (TPSA) is 97.3 Å². The molecule has 0 aliphatic carbocycles. The number of hydrogen-bond acceptors (Lipinski definition) is 6. The first kappa shape index (κ1) is 11.1. The first-order valence-corrected chi connectivity index (χ1v) is 4.95. The zero-order chi connectivity index (χ0) is 12.4. The summed E-state index contributed by atoms with van der Waals surface area (Å²) in [6, 6.07) is 4.40. The molecule has 0 bridgehead atoms. The van der Waals surface area contributed by atoms with Crippen molar-refractivity contribution in [3.8, 4) is 11.5 Å². The third-order valence-electron chi connectivity index (χ3n) is 2.14. The molecule has 1 aromatic carbocycles. The van der Waals surface area contributed by atoms with E-state index in [4.69, 9.17) is 5.11 Å². The van der Waals surface area contributed by atoms with Crippen LogP contribution in [0.3, 0.4) is 0 Å². The molecule has 17 heavy (non-hydrogen) atoms. The van der Waals surface area contributed by atoms with Crippen LogP contribution in [-0.2, 0) is 0 Å². The third kappa shape index (κ3) is 2.39. The van der Waals surface area contributed by atoms with Crippen LogP contribution in [0.1, 0.15) is 0 Å². The van der Waals surface area contributed by atoms with Gasteiger partial charge < -0.3 is 20.4 Å². The molecule has 0 amide bonds. The zero-order valence-corrected chi connectivity index (χ0v) is 9.47. The van der Waals surface area contributed by atoms with E-state index in [1.807, 2.05) is 14.1 Å². The average molecular weight is 235 g/mol. The van der Waals surface area contributed by atoms with Gasteiger partial charge in [0.2, 0.25) is 11.9 Å². The molecule has 1 heterocycles. The first-order valence-electron chi connectivity index (χ1n) is 4.95. The summed E-state index contributed by atoms with van der Waals surface area (Å²) in [5, 5.41) is 29.2. The van der Waals surface area contributed by atoms with Crippen LogP contribution in [0.25, 0.3) is 0 Å². The second-order valence-corrected chi connectivity index (χ2v) is 3.72. The second-order valence-electron chi connectivity index (χ2n) is 3.72. The standard InChI is InChI=1S/C10H13N5O2/c1-15(2)10-12-9(13-14-10)11-6-3-4-7(16)8(17)5-6/h3-5,16-17H,1-2H3,(H2,11,12,13,14). The highest BCUT2D eigenvalue weighted by molar-refractivity contribution is 5.59. The van der Waals surface area contributed by atoms with Gasteiger partial charge in [-0.3, -0.25) is 4.98 Å². The highest BCUT2D eigenvalue weighted by Gasteiger charge is 2.05. The fourth-order valence-electron chi connectivity index (χ4n) is 1.25. The van der Waals surface area contributed by atoms with Crippen molar-refractivity contribution >= 4 is 17.6 Å². The molecule has 2 aromatic rings. The van der Waals surface area contributed by atoms with E-state index in [1.54, 1.807) is 11.0 Å². The molecule has 0 spiro atoms. The van der Waals surface area contributed by atoms with E-state index in [9.17, 15) is 5.11 Å². The van der Waals surface area contributed by atoms with Crippen molar-refractivity contribution in [3.05, 3.63) is 18.2 Å². The van der Waals surface area contributed by atoms with E-state index in [-0.39, 0.29) is 11.5 Å². The number of hydrogen-bond donors (Lipinski definition) is 4. The van der Waals surface area contributed by atoms with Crippen molar-refractivity contribution < 1.29 is 10.2 Å². The van der Waals surface area contributed by atoms with E-state index in [0.29, 0.717) is 17.6 Å². The fraction of sp³-hybridized carbons (Fsp3) is 0.200. The maximum absolute atomic E-state index is 9.33. The number of nitrogens with zero attached hydrogens (tertiary/aromatic N) is 3. The van der Waals surface area contributed by atoms with Gasteiger partial charge in [-0.2, -0.15) is 0 Å². The minimum atomic E-state index is -0.192. The van der Waals surface area contributed by atoms with Gasteiger partial charge in [-0.25, -0.2) is 0 Å². The molecule has 7 heteroatoms. The number of benzene rings is 1. The molecule has 7 nitrogen and oxygen atoms in total. The predicted molar refractivity (Wildman–Crippen MR) is 63.8 cm³/mol. The number of anilines is 3. The molecule has 2 rings (SSSR count). The van der Waals surface area contributed by atoms with Gasteiger partial charge >= 0.3 is 0 Å². The molecule has 0 aliphatic heterocycles. The van der Waals surface area contributed by atoms with E-state index >= 15 is 0 Å². The molecule has 0 saturated carbocycles. The number of rotatable bonds is 3. The molecule has 4 N–H and O–H groups in total. The number of aromatic amines is 1. The van der Waals surface area contributed by atoms with E-state index in [2.05, 4.69) is 20.5 Å². The van der Waals surface area contributed by atoms with Gasteiger partial charge in [0.25, 0.3) is 0 Å². The molecule has 0 unspecified atom stereocenters. The summed E-state index contributed by atoms with van der Waals surface area (Å²) in [4.78, 5) is 4.73. The summed E-state index contributed by atoms with van der Waals surface area (Å²) in [6.07, 6.45) is 0. The highest BCUT2D eigenvalue weighted by Crippen LogP contribution is 2.28. The molecule has 0 radical (unpaired) electrons. The van der Waals surface area contributed by atoms with Gasteiger partial charge in [-0.05, 0) is 12.1 Å². The highest BCUT2D eigenvalue weighted by atomic mass is 16.3. The summed E-state index contributed by atoms with van der Waals surface area (Å²) in [5.74, 6) is 0.721. The minimum Gasteiger partial charge on any atom is -0.504 e. The molecule has 0 saturated heterocycles. The lowest BCUT2D eigenvalue weighted by atomic mass is 10.3. The number of phenolic OH excluding ortho intramolecular Hbond substituents is 2. The summed E-state index contributed by atoms with van der Waals surface area (Å²) < 4.78 is 0. The number of phenols is 2. The quantitative estimate of drug-likeness (QED) is 0.468. The summed E-state index contributed by atoms with van der Waals surface area (Å²) in [5.41, 5.74) is 0.599. The van der Waals surface area contributed by atoms with Crippen LogP contribution >= 0.6 is 0 Å². The minimum absolute atomic E-state index is 0.165. The van der Waals surface area contributed by atoms with Crippen LogP contribution in [0.15, 0.2) is 18.2 Å². The van der Waals surface area contributed by atoms with Crippen molar-refractivity contribution in [2.75, 3.05) is 24.3 Å². The van der Waals surface area contributed by atoms with Gasteiger partial charge in [0, 0.05) is 25.8 Å². The lowest BCUT2D eigenvalue weighted by Crippen LogP contribution is -2.10. The Labute approximate surface area is 97.7 Å². The first-order chi connectivity index (χ1) is 8.06. The van der Waals surface area contributed by atoms with Crippen LogP contribution in [0.5, 0.6) is 11.5 Å². The van der Waals surface area contributed by atoms with Crippen LogP contribution in [0, 0.1) is 0 Å². The van der Waals surface area contributed by atoms with Crippen molar-refractivity contribution in [1.82, 2.24) is 15.2 Å². The van der Waals surface area contributed by atoms with Gasteiger partial charge in [0.05, 0.1) is 0 Å². The lowest BCUT2D eigenvalue weighted by Gasteiger charge is -2.06. The van der Waals surface area contributed by atoms with Crippen LogP contribution in [0.2, 0.25) is 0 Å². The van der Waals surface area contributed by atoms with Gasteiger partial charge in [-0.1, -0.05) is 0 Å². The molecule has 0 atom stereocenters. The molecular weight excluding hydrogens is 222 g/mol. The van der Waals surface area contributed by atoms with E-state index in [1.165, 1.54) is 12.1 Å². The van der Waals surface area contributed by atoms with Crippen LogP contribution in [0.4, 0.5) is 17.6 Å². The van der Waals surface area contributed by atoms with Crippen LogP contribution in [-0.4, -0.2) is 39.5 Å². The van der Waals surface area contributed by atoms with Crippen molar-refractivity contribution in [2.45, 2.75) is 0 Å². The number of aromatic hydroxyl groups is 2. The smallest absolute Gasteiger partial charge is 0.227 e. The normalized spacial score (nSPS) is 10.2. The number of H-pyrrole nitrogens is 1. The monoisotopic (exact) mass is 235 g/mol. The Morgan fingerprint density at radius 3 is 2.53 bits per heavy atom. The maximum Gasteiger partial charge on any atom is 0.227 e. The lowest BCUT2D eigenvalue weighted by molar-refractivity contribution is 0.404. The molecule has 1 aromatic heterocycles. The molecule has 90 valence electrons. The van der Waals surface area contributed by atoms with Crippen molar-refractivity contribution in [2.24, 2.45) is 0 Å². The SMILES string of the molecule is CN(C)c1nnc(Nc2ccc(O)c(O)c2)[nH]1. The van der Waals surface area contributed by atoms with Gasteiger partial charge in [-0.15, -0.1) is 10.2 Å². The Kier molecular flexibility index (Phi) is 2.73. The fourth-order valence-corrected chi connectivity index (χ4v) is 1.25. The van der Waals surface area contributed by atoms with Crippen molar-refractivity contribution in [1.29, 1.82) is 0 Å². The van der Waals surface area contributed by atoms with Crippen molar-refractivity contribution in [3.63, 3.8) is 0 Å². The Morgan fingerprint density at radius 2 is 1.94 bits per heavy atom. The summed E-state index contributed by atoms with van der Waals surface area (Å²) in [6.45, 7) is 0. The Balaban J connectivity index is 2.16. The molecular formula is C10H13N5O2. The molecule has 0 aliphatic rings. The van der Waals surface area contributed by atoms with E-state index < -0.39 is 0 Å². The maximum atomic E-state index is 9.33. The van der Waals surface area contributed by atoms with E-state index in [0.717, 1.165) is 0 Å². The van der Waals surface area contributed by atoms with Crippen LogP contribution < -0.4 is 10.2 Å². The largest absolute Gasteiger partial charge is 0.504 e. The van der Waals surface area contributed by atoms with Gasteiger partial charge in [0.15, 0.2) is 11.5 Å². The third-order valence-corrected chi connectivity index (χ3v) is 2.14. The zero-order valence-electron chi connectivity index (χ0n) is 9.47. The Morgan fingerprint density at radius 1 is 1.18 bits per heavy atom. The molecule has 0 fully saturated rings. The average Bonchev–Trinajstić information content (AvgIpc) is 2.72.